The predicted molar refractivity (Wildman–Crippen MR) is 124 cm³/mol. The van der Waals surface area contributed by atoms with Crippen LogP contribution in [0.2, 0.25) is 5.02 Å². The second-order valence-electron chi connectivity index (χ2n) is 7.61. The van der Waals surface area contributed by atoms with Crippen LogP contribution in [0.5, 0.6) is 5.75 Å². The van der Waals surface area contributed by atoms with Crippen LogP contribution in [0.1, 0.15) is 31.4 Å². The number of ether oxygens (including phenoxy) is 1. The van der Waals surface area contributed by atoms with E-state index in [1.807, 2.05) is 18.2 Å². The Morgan fingerprint density at radius 3 is 2.59 bits per heavy atom. The SMILES string of the molecule is CC(c1ccccc1)N1CCC(Oc2ccc(S(=O)(=O)Nc3cscn3)c(F)c2Cl)CC1. The lowest BCUT2D eigenvalue weighted by molar-refractivity contribution is 0.0795. The van der Waals surface area contributed by atoms with Crippen LogP contribution in [0.15, 0.2) is 58.3 Å². The lowest BCUT2D eigenvalue weighted by atomic mass is 10.0. The molecule has 0 spiro atoms. The summed E-state index contributed by atoms with van der Waals surface area (Å²) >= 11 is 7.37. The molecule has 4 rings (SSSR count). The number of sulfonamides is 1. The number of likely N-dealkylation sites (tertiary alicyclic amines) is 1. The lowest BCUT2D eigenvalue weighted by Gasteiger charge is -2.36. The summed E-state index contributed by atoms with van der Waals surface area (Å²) in [6, 6.07) is 13.2. The minimum atomic E-state index is -4.16. The zero-order valence-electron chi connectivity index (χ0n) is 17.4. The molecule has 0 aliphatic carbocycles. The Balaban J connectivity index is 1.41. The summed E-state index contributed by atoms with van der Waals surface area (Å²) in [5, 5.41) is 1.17. The van der Waals surface area contributed by atoms with E-state index in [2.05, 4.69) is 33.7 Å². The van der Waals surface area contributed by atoms with E-state index in [0.29, 0.717) is 6.04 Å². The van der Waals surface area contributed by atoms with Gasteiger partial charge in [-0.3, -0.25) is 9.62 Å². The van der Waals surface area contributed by atoms with Gasteiger partial charge in [0.1, 0.15) is 21.8 Å². The number of rotatable bonds is 7. The molecule has 10 heteroatoms. The molecule has 0 saturated carbocycles. The fourth-order valence-electron chi connectivity index (χ4n) is 3.77. The molecule has 1 aromatic heterocycles. The number of aromatic nitrogens is 1. The Kier molecular flexibility index (Phi) is 6.99. The number of nitrogens with zero attached hydrogens (tertiary/aromatic N) is 2. The van der Waals surface area contributed by atoms with Crippen molar-refractivity contribution in [1.82, 2.24) is 9.88 Å². The minimum absolute atomic E-state index is 0.123. The molecule has 2 heterocycles. The van der Waals surface area contributed by atoms with Gasteiger partial charge < -0.3 is 4.74 Å². The van der Waals surface area contributed by atoms with Crippen LogP contribution in [0, 0.1) is 5.82 Å². The van der Waals surface area contributed by atoms with Crippen LogP contribution in [-0.4, -0.2) is 37.5 Å². The zero-order valence-corrected chi connectivity index (χ0v) is 19.8. The maximum absolute atomic E-state index is 14.8. The van der Waals surface area contributed by atoms with Gasteiger partial charge in [0, 0.05) is 24.5 Å². The van der Waals surface area contributed by atoms with Gasteiger partial charge in [0.05, 0.1) is 5.51 Å². The highest BCUT2D eigenvalue weighted by molar-refractivity contribution is 7.92. The second-order valence-corrected chi connectivity index (χ2v) is 10.4. The first-order chi connectivity index (χ1) is 15.3. The van der Waals surface area contributed by atoms with E-state index >= 15 is 0 Å². The molecule has 0 bridgehead atoms. The van der Waals surface area contributed by atoms with Crippen molar-refractivity contribution in [3.63, 3.8) is 0 Å². The van der Waals surface area contributed by atoms with E-state index < -0.39 is 20.7 Å². The summed E-state index contributed by atoms with van der Waals surface area (Å²) in [5.41, 5.74) is 2.74. The first kappa shape index (κ1) is 23.0. The van der Waals surface area contributed by atoms with Gasteiger partial charge >= 0.3 is 0 Å². The lowest BCUT2D eigenvalue weighted by Crippen LogP contribution is -2.39. The fraction of sp³-hybridized carbons (Fsp3) is 0.318. The van der Waals surface area contributed by atoms with Crippen molar-refractivity contribution in [2.75, 3.05) is 17.8 Å². The first-order valence-electron chi connectivity index (χ1n) is 10.2. The van der Waals surface area contributed by atoms with E-state index in [1.54, 1.807) is 0 Å². The third kappa shape index (κ3) is 5.06. The number of piperidine rings is 1. The van der Waals surface area contributed by atoms with E-state index in [9.17, 15) is 12.8 Å². The van der Waals surface area contributed by atoms with Gasteiger partial charge in [-0.1, -0.05) is 41.9 Å². The van der Waals surface area contributed by atoms with Crippen LogP contribution >= 0.6 is 22.9 Å². The Morgan fingerprint density at radius 2 is 1.94 bits per heavy atom. The molecule has 1 aliphatic heterocycles. The third-order valence-electron chi connectivity index (χ3n) is 5.57. The number of anilines is 1. The van der Waals surface area contributed by atoms with Crippen molar-refractivity contribution < 1.29 is 17.5 Å². The first-order valence-corrected chi connectivity index (χ1v) is 13.0. The van der Waals surface area contributed by atoms with E-state index in [0.717, 1.165) is 32.0 Å². The Bertz CT molecular complexity index is 1150. The van der Waals surface area contributed by atoms with Crippen molar-refractivity contribution in [3.05, 3.63) is 69.8 Å². The topological polar surface area (TPSA) is 71.5 Å². The fourth-order valence-corrected chi connectivity index (χ4v) is 5.68. The van der Waals surface area contributed by atoms with Crippen molar-refractivity contribution in [1.29, 1.82) is 0 Å². The average Bonchev–Trinajstić information content (AvgIpc) is 3.30. The van der Waals surface area contributed by atoms with Crippen LogP contribution in [0.25, 0.3) is 0 Å². The van der Waals surface area contributed by atoms with Crippen LogP contribution in [0.3, 0.4) is 0 Å². The van der Waals surface area contributed by atoms with Crippen LogP contribution in [-0.2, 0) is 10.0 Å². The third-order valence-corrected chi connectivity index (χ3v) is 7.88. The quantitative estimate of drug-likeness (QED) is 0.479. The molecular formula is C22H23ClFN3O3S2. The van der Waals surface area contributed by atoms with Gasteiger partial charge in [0.2, 0.25) is 0 Å². The molecule has 6 nitrogen and oxygen atoms in total. The zero-order chi connectivity index (χ0) is 22.7. The van der Waals surface area contributed by atoms with E-state index in [-0.39, 0.29) is 22.7 Å². The summed E-state index contributed by atoms with van der Waals surface area (Å²) in [7, 11) is -4.16. The van der Waals surface area contributed by atoms with E-state index in [4.69, 9.17) is 16.3 Å². The molecule has 1 unspecified atom stereocenters. The minimum Gasteiger partial charge on any atom is -0.489 e. The van der Waals surface area contributed by atoms with Crippen molar-refractivity contribution in [2.45, 2.75) is 36.8 Å². The maximum Gasteiger partial charge on any atom is 0.266 e. The number of halogens is 2. The smallest absolute Gasteiger partial charge is 0.266 e. The molecule has 170 valence electrons. The number of nitrogens with one attached hydrogen (secondary N) is 1. The molecule has 1 saturated heterocycles. The van der Waals surface area contributed by atoms with Crippen molar-refractivity contribution >= 4 is 38.8 Å². The Morgan fingerprint density at radius 1 is 1.22 bits per heavy atom. The number of benzene rings is 2. The molecular weight excluding hydrogens is 473 g/mol. The van der Waals surface area contributed by atoms with Gasteiger partial charge in [-0.15, -0.1) is 11.3 Å². The standard InChI is InChI=1S/C22H23ClFN3O3S2/c1-15(16-5-3-2-4-6-16)27-11-9-17(10-12-27)30-18-7-8-19(22(24)21(18)23)32(28,29)26-20-13-31-14-25-20/h2-8,13-15,17,26H,9-12H2,1H3. The summed E-state index contributed by atoms with van der Waals surface area (Å²) in [4.78, 5) is 5.69. The average molecular weight is 496 g/mol. The summed E-state index contributed by atoms with van der Waals surface area (Å²) in [5.74, 6) is -0.768. The molecule has 3 aromatic rings. The highest BCUT2D eigenvalue weighted by atomic mass is 35.5. The summed E-state index contributed by atoms with van der Waals surface area (Å²) < 4.78 is 48.0. The molecule has 1 fully saturated rings. The maximum atomic E-state index is 14.8. The number of hydrogen-bond acceptors (Lipinski definition) is 6. The molecule has 32 heavy (non-hydrogen) atoms. The highest BCUT2D eigenvalue weighted by Gasteiger charge is 2.28. The molecule has 0 radical (unpaired) electrons. The largest absolute Gasteiger partial charge is 0.489 e. The van der Waals surface area contributed by atoms with Gasteiger partial charge in [0.25, 0.3) is 10.0 Å². The highest BCUT2D eigenvalue weighted by Crippen LogP contribution is 2.34. The van der Waals surface area contributed by atoms with Gasteiger partial charge in [-0.25, -0.2) is 17.8 Å². The Hall–Kier alpha value is -2.20. The van der Waals surface area contributed by atoms with Gasteiger partial charge in [-0.05, 0) is 37.5 Å². The molecule has 0 amide bonds. The molecule has 1 aliphatic rings. The van der Waals surface area contributed by atoms with Gasteiger partial charge in [-0.2, -0.15) is 0 Å². The molecule has 1 N–H and O–H groups in total. The second kappa shape index (κ2) is 9.74. The van der Waals surface area contributed by atoms with Crippen LogP contribution < -0.4 is 9.46 Å². The van der Waals surface area contributed by atoms with Crippen molar-refractivity contribution in [3.8, 4) is 5.75 Å². The molecule has 1 atom stereocenters. The number of hydrogen-bond donors (Lipinski definition) is 1. The van der Waals surface area contributed by atoms with Gasteiger partial charge in [0.15, 0.2) is 11.6 Å². The predicted octanol–water partition coefficient (Wildman–Crippen LogP) is 5.34. The molecule has 2 aromatic carbocycles. The Labute approximate surface area is 196 Å². The van der Waals surface area contributed by atoms with Crippen molar-refractivity contribution in [2.24, 2.45) is 0 Å². The monoisotopic (exact) mass is 495 g/mol. The number of thiazole rings is 1. The summed E-state index contributed by atoms with van der Waals surface area (Å²) in [6.45, 7) is 3.86. The van der Waals surface area contributed by atoms with Crippen LogP contribution in [0.4, 0.5) is 10.2 Å². The van der Waals surface area contributed by atoms with E-state index in [1.165, 1.54) is 33.9 Å². The normalized spacial score (nSPS) is 16.6. The summed E-state index contributed by atoms with van der Waals surface area (Å²) in [6.07, 6.45) is 1.41.